The van der Waals surface area contributed by atoms with Crippen molar-refractivity contribution in [3.05, 3.63) is 33.9 Å². The minimum Gasteiger partial charge on any atom is -0.388 e. The molecule has 0 bridgehead atoms. The number of carbonyl (C=O) groups is 1. The molecule has 1 unspecified atom stereocenters. The van der Waals surface area contributed by atoms with Gasteiger partial charge in [-0.3, -0.25) is 4.79 Å². The number of aliphatic hydroxyl groups is 1. The molecule has 1 saturated heterocycles. The number of aryl methyl sites for hydroxylation is 2. The number of amides is 1. The average Bonchev–Trinajstić information content (AvgIpc) is 3.18. The fraction of sp³-hybridized carbons (Fsp3) is 0.562. The Kier molecular flexibility index (Phi) is 3.95. The maximum atomic E-state index is 11.7. The van der Waals surface area contributed by atoms with Crippen molar-refractivity contribution in [3.8, 4) is 0 Å². The number of benzene rings is 1. The van der Waals surface area contributed by atoms with Crippen molar-refractivity contribution >= 4 is 5.91 Å². The van der Waals surface area contributed by atoms with E-state index >= 15 is 0 Å². The minimum atomic E-state index is -0.539. The third-order valence-electron chi connectivity index (χ3n) is 4.19. The number of hydrogen-bond acceptors (Lipinski definition) is 2. The van der Waals surface area contributed by atoms with E-state index in [-0.39, 0.29) is 5.91 Å². The SMILES string of the molecule is Cc1cc(C)c(C)c(C(O)CCC(=O)N2CC2)c1C. The molecule has 1 aliphatic rings. The lowest BCUT2D eigenvalue weighted by Gasteiger charge is -2.20. The second kappa shape index (κ2) is 5.33. The largest absolute Gasteiger partial charge is 0.388 e. The van der Waals surface area contributed by atoms with E-state index in [4.69, 9.17) is 0 Å². The second-order valence-electron chi connectivity index (χ2n) is 5.61. The summed E-state index contributed by atoms with van der Waals surface area (Å²) in [4.78, 5) is 13.5. The van der Waals surface area contributed by atoms with Crippen LogP contribution in [-0.2, 0) is 4.79 Å². The third kappa shape index (κ3) is 2.98. The summed E-state index contributed by atoms with van der Waals surface area (Å²) in [6, 6.07) is 2.15. The molecule has 1 amide bonds. The van der Waals surface area contributed by atoms with Crippen molar-refractivity contribution < 1.29 is 9.90 Å². The average molecular weight is 261 g/mol. The summed E-state index contributed by atoms with van der Waals surface area (Å²) in [6.45, 7) is 10.0. The van der Waals surface area contributed by atoms with Gasteiger partial charge in [0.05, 0.1) is 6.10 Å². The van der Waals surface area contributed by atoms with Crippen molar-refractivity contribution in [2.24, 2.45) is 0 Å². The van der Waals surface area contributed by atoms with Crippen LogP contribution < -0.4 is 0 Å². The first-order chi connectivity index (χ1) is 8.91. The Hall–Kier alpha value is -1.35. The molecule has 0 radical (unpaired) electrons. The zero-order valence-electron chi connectivity index (χ0n) is 12.3. The number of nitrogens with zero attached hydrogens (tertiary/aromatic N) is 1. The van der Waals surface area contributed by atoms with Crippen LogP contribution in [0.25, 0.3) is 0 Å². The van der Waals surface area contributed by atoms with Gasteiger partial charge in [0.1, 0.15) is 0 Å². The molecule has 0 aromatic heterocycles. The number of aliphatic hydroxyl groups excluding tert-OH is 1. The van der Waals surface area contributed by atoms with Gasteiger partial charge >= 0.3 is 0 Å². The molecule has 1 aromatic rings. The van der Waals surface area contributed by atoms with Gasteiger partial charge in [-0.1, -0.05) is 6.07 Å². The van der Waals surface area contributed by atoms with Crippen LogP contribution >= 0.6 is 0 Å². The zero-order valence-corrected chi connectivity index (χ0v) is 12.3. The van der Waals surface area contributed by atoms with Gasteiger partial charge in [0.25, 0.3) is 0 Å². The van der Waals surface area contributed by atoms with Gasteiger partial charge in [-0.05, 0) is 61.9 Å². The standard InChI is InChI=1S/C16H23NO2/c1-10-9-11(2)13(4)16(12(10)3)14(18)5-6-15(19)17-7-8-17/h9,14,18H,5-8H2,1-4H3. The predicted molar refractivity (Wildman–Crippen MR) is 76.2 cm³/mol. The van der Waals surface area contributed by atoms with E-state index < -0.39 is 6.10 Å². The lowest BCUT2D eigenvalue weighted by atomic mass is 9.89. The first-order valence-electron chi connectivity index (χ1n) is 6.95. The van der Waals surface area contributed by atoms with Crippen LogP contribution in [0.1, 0.15) is 46.8 Å². The van der Waals surface area contributed by atoms with Crippen LogP contribution in [0.5, 0.6) is 0 Å². The Labute approximate surface area is 115 Å². The van der Waals surface area contributed by atoms with Crippen LogP contribution in [0.2, 0.25) is 0 Å². The second-order valence-corrected chi connectivity index (χ2v) is 5.61. The summed E-state index contributed by atoms with van der Waals surface area (Å²) in [5, 5.41) is 10.4. The molecular weight excluding hydrogens is 238 g/mol. The highest BCUT2D eigenvalue weighted by Gasteiger charge is 2.25. The monoisotopic (exact) mass is 261 g/mol. The number of carbonyl (C=O) groups excluding carboxylic acids is 1. The fourth-order valence-electron chi connectivity index (χ4n) is 2.61. The molecule has 1 heterocycles. The highest BCUT2D eigenvalue weighted by molar-refractivity contribution is 5.78. The summed E-state index contributed by atoms with van der Waals surface area (Å²) in [5.41, 5.74) is 5.71. The first kappa shape index (κ1) is 14.1. The summed E-state index contributed by atoms with van der Waals surface area (Å²) >= 11 is 0. The van der Waals surface area contributed by atoms with Crippen LogP contribution in [-0.4, -0.2) is 29.0 Å². The summed E-state index contributed by atoms with van der Waals surface area (Å²) in [5.74, 6) is 0.165. The summed E-state index contributed by atoms with van der Waals surface area (Å²) < 4.78 is 0. The van der Waals surface area contributed by atoms with Crippen molar-refractivity contribution in [1.29, 1.82) is 0 Å². The van der Waals surface area contributed by atoms with Crippen molar-refractivity contribution in [2.75, 3.05) is 13.1 Å². The lowest BCUT2D eigenvalue weighted by molar-refractivity contribution is -0.126. The van der Waals surface area contributed by atoms with Gasteiger partial charge in [-0.2, -0.15) is 0 Å². The Morgan fingerprint density at radius 2 is 1.74 bits per heavy atom. The van der Waals surface area contributed by atoms with Gasteiger partial charge in [0, 0.05) is 19.5 Å². The molecule has 1 atom stereocenters. The predicted octanol–water partition coefficient (Wildman–Crippen LogP) is 2.58. The third-order valence-corrected chi connectivity index (χ3v) is 4.19. The molecule has 1 N–H and O–H groups in total. The van der Waals surface area contributed by atoms with E-state index in [1.54, 1.807) is 0 Å². The molecule has 0 spiro atoms. The maximum Gasteiger partial charge on any atom is 0.222 e. The van der Waals surface area contributed by atoms with Crippen LogP contribution in [0.3, 0.4) is 0 Å². The van der Waals surface area contributed by atoms with Gasteiger partial charge in [-0.25, -0.2) is 0 Å². The molecule has 1 aliphatic heterocycles. The zero-order chi connectivity index (χ0) is 14.2. The van der Waals surface area contributed by atoms with Gasteiger partial charge < -0.3 is 10.0 Å². The Morgan fingerprint density at radius 3 is 2.21 bits per heavy atom. The van der Waals surface area contributed by atoms with Crippen LogP contribution in [0.15, 0.2) is 6.07 Å². The Morgan fingerprint density at radius 1 is 1.21 bits per heavy atom. The van der Waals surface area contributed by atoms with Crippen LogP contribution in [0.4, 0.5) is 0 Å². The highest BCUT2D eigenvalue weighted by Crippen LogP contribution is 2.30. The van der Waals surface area contributed by atoms with E-state index in [0.717, 1.165) is 29.8 Å². The Balaban J connectivity index is 2.13. The molecular formula is C16H23NO2. The first-order valence-corrected chi connectivity index (χ1v) is 6.95. The van der Waals surface area contributed by atoms with E-state index in [0.29, 0.717) is 12.8 Å². The molecule has 19 heavy (non-hydrogen) atoms. The molecule has 3 heteroatoms. The molecule has 104 valence electrons. The molecule has 3 nitrogen and oxygen atoms in total. The molecule has 0 saturated carbocycles. The minimum absolute atomic E-state index is 0.165. The number of hydrogen-bond donors (Lipinski definition) is 1. The summed E-state index contributed by atoms with van der Waals surface area (Å²) in [7, 11) is 0. The van der Waals surface area contributed by atoms with Crippen LogP contribution in [0, 0.1) is 27.7 Å². The summed E-state index contributed by atoms with van der Waals surface area (Å²) in [6.07, 6.45) is 0.412. The fourth-order valence-corrected chi connectivity index (χ4v) is 2.61. The highest BCUT2D eigenvalue weighted by atomic mass is 16.3. The lowest BCUT2D eigenvalue weighted by Crippen LogP contribution is -2.13. The van der Waals surface area contributed by atoms with Crippen molar-refractivity contribution in [1.82, 2.24) is 4.90 Å². The van der Waals surface area contributed by atoms with E-state index in [1.165, 1.54) is 11.1 Å². The molecule has 1 fully saturated rings. The smallest absolute Gasteiger partial charge is 0.222 e. The molecule has 1 aromatic carbocycles. The topological polar surface area (TPSA) is 40.3 Å². The molecule has 0 aliphatic carbocycles. The maximum absolute atomic E-state index is 11.7. The van der Waals surface area contributed by atoms with Gasteiger partial charge in [0.2, 0.25) is 5.91 Å². The van der Waals surface area contributed by atoms with Gasteiger partial charge in [-0.15, -0.1) is 0 Å². The van der Waals surface area contributed by atoms with Gasteiger partial charge in [0.15, 0.2) is 0 Å². The normalized spacial score (nSPS) is 15.5. The van der Waals surface area contributed by atoms with Crippen molar-refractivity contribution in [3.63, 3.8) is 0 Å². The van der Waals surface area contributed by atoms with Crippen molar-refractivity contribution in [2.45, 2.75) is 46.6 Å². The van der Waals surface area contributed by atoms with E-state index in [1.807, 2.05) is 18.7 Å². The number of rotatable bonds is 4. The van der Waals surface area contributed by atoms with E-state index in [2.05, 4.69) is 19.9 Å². The quantitative estimate of drug-likeness (QED) is 0.846. The Bertz CT molecular complexity index is 478. The van der Waals surface area contributed by atoms with E-state index in [9.17, 15) is 9.90 Å². The molecule has 2 rings (SSSR count).